The summed E-state index contributed by atoms with van der Waals surface area (Å²) < 4.78 is 23.2. The molecule has 1 aromatic carbocycles. The maximum Gasteiger partial charge on any atom is 0.310 e. The summed E-state index contributed by atoms with van der Waals surface area (Å²) >= 11 is 0. The van der Waals surface area contributed by atoms with Crippen LogP contribution in [0.1, 0.15) is 63.1 Å². The zero-order chi connectivity index (χ0) is 23.0. The highest BCUT2D eigenvalue weighted by molar-refractivity contribution is 5.75. The molecule has 0 bridgehead atoms. The minimum Gasteiger partial charge on any atom is -0.493 e. The fraction of sp³-hybridized carbons (Fsp3) is 0.741. The zero-order valence-corrected chi connectivity index (χ0v) is 20.4. The molecule has 3 heterocycles. The largest absolute Gasteiger partial charge is 0.493 e. The van der Waals surface area contributed by atoms with Crippen molar-refractivity contribution in [2.75, 3.05) is 33.9 Å². The Morgan fingerprint density at radius 1 is 1.18 bits per heavy atom. The average molecular weight is 456 g/mol. The van der Waals surface area contributed by atoms with Crippen molar-refractivity contribution in [2.45, 2.75) is 70.1 Å². The summed E-state index contributed by atoms with van der Waals surface area (Å²) in [5.41, 5.74) is 2.93. The molecule has 5 aliphatic rings. The molecular weight excluding hydrogens is 418 g/mol. The lowest BCUT2D eigenvalue weighted by molar-refractivity contribution is -0.147. The van der Waals surface area contributed by atoms with Crippen LogP contribution in [0.5, 0.6) is 11.5 Å². The van der Waals surface area contributed by atoms with Crippen LogP contribution in [0.4, 0.5) is 0 Å². The highest BCUT2D eigenvalue weighted by Gasteiger charge is 2.65. The molecule has 0 radical (unpaired) electrons. The molecule has 1 aromatic rings. The number of hydrogen-bond acceptors (Lipinski definition) is 6. The van der Waals surface area contributed by atoms with Crippen molar-refractivity contribution in [2.24, 2.45) is 23.2 Å². The number of esters is 1. The van der Waals surface area contributed by atoms with Crippen molar-refractivity contribution in [1.82, 2.24) is 4.90 Å². The molecule has 0 amide bonds. The topological polar surface area (TPSA) is 60.5 Å². The maximum atomic E-state index is 13.1. The second-order valence-corrected chi connectivity index (χ2v) is 11.4. The molecule has 6 heteroatoms. The van der Waals surface area contributed by atoms with E-state index < -0.39 is 0 Å². The van der Waals surface area contributed by atoms with Gasteiger partial charge in [0.2, 0.25) is 0 Å². The molecule has 0 aromatic heterocycles. The Morgan fingerprint density at radius 2 is 1.94 bits per heavy atom. The van der Waals surface area contributed by atoms with E-state index in [1.165, 1.54) is 30.4 Å². The summed E-state index contributed by atoms with van der Waals surface area (Å²) in [4.78, 5) is 15.6. The van der Waals surface area contributed by atoms with E-state index in [1.807, 2.05) is 0 Å². The monoisotopic (exact) mass is 455 g/mol. The van der Waals surface area contributed by atoms with Crippen molar-refractivity contribution >= 4 is 5.97 Å². The Labute approximate surface area is 196 Å². The van der Waals surface area contributed by atoms with Crippen LogP contribution in [0.3, 0.4) is 0 Å². The quantitative estimate of drug-likeness (QED) is 0.502. The molecule has 6 rings (SSSR count). The average Bonchev–Trinajstić information content (AvgIpc) is 3.51. The predicted molar refractivity (Wildman–Crippen MR) is 123 cm³/mol. The van der Waals surface area contributed by atoms with Gasteiger partial charge in [-0.1, -0.05) is 6.92 Å². The molecule has 33 heavy (non-hydrogen) atoms. The van der Waals surface area contributed by atoms with Crippen molar-refractivity contribution in [3.05, 3.63) is 23.3 Å². The van der Waals surface area contributed by atoms with Crippen LogP contribution in [0, 0.1) is 23.2 Å². The third-order valence-electron chi connectivity index (χ3n) is 9.82. The van der Waals surface area contributed by atoms with Crippen LogP contribution in [0.2, 0.25) is 0 Å². The molecule has 3 aliphatic heterocycles. The van der Waals surface area contributed by atoms with Crippen LogP contribution in [-0.4, -0.2) is 56.5 Å². The van der Waals surface area contributed by atoms with Gasteiger partial charge in [-0.05, 0) is 80.0 Å². The lowest BCUT2D eigenvalue weighted by atomic mass is 9.53. The Morgan fingerprint density at radius 3 is 2.67 bits per heavy atom. The van der Waals surface area contributed by atoms with Crippen LogP contribution in [-0.2, 0) is 20.7 Å². The van der Waals surface area contributed by atoms with Gasteiger partial charge < -0.3 is 18.9 Å². The fourth-order valence-electron chi connectivity index (χ4n) is 7.86. The second-order valence-electron chi connectivity index (χ2n) is 11.4. The van der Waals surface area contributed by atoms with Gasteiger partial charge in [0.1, 0.15) is 6.10 Å². The number of ether oxygens (including phenoxy) is 4. The number of fused-ring (bicyclic) bond motifs is 4. The number of hydrogen-bond donors (Lipinski definition) is 0. The van der Waals surface area contributed by atoms with Gasteiger partial charge >= 0.3 is 5.97 Å². The van der Waals surface area contributed by atoms with Gasteiger partial charge in [0.25, 0.3) is 0 Å². The number of benzene rings is 1. The van der Waals surface area contributed by atoms with Crippen molar-refractivity contribution in [3.8, 4) is 11.5 Å². The highest BCUT2D eigenvalue weighted by atomic mass is 16.6. The van der Waals surface area contributed by atoms with Gasteiger partial charge in [-0.2, -0.15) is 0 Å². The predicted octanol–water partition coefficient (Wildman–Crippen LogP) is 4.15. The normalized spacial score (nSPS) is 41.7. The summed E-state index contributed by atoms with van der Waals surface area (Å²) in [7, 11) is 3.37. The smallest absolute Gasteiger partial charge is 0.310 e. The number of carbonyl (C=O) groups excluding carboxylic acids is 1. The Hall–Kier alpha value is -1.79. The molecule has 180 valence electrons. The molecule has 2 saturated carbocycles. The molecule has 2 saturated heterocycles. The Balaban J connectivity index is 1.22. The zero-order valence-electron chi connectivity index (χ0n) is 20.4. The lowest BCUT2D eigenvalue weighted by Gasteiger charge is -2.51. The van der Waals surface area contributed by atoms with E-state index in [9.17, 15) is 4.79 Å². The maximum absolute atomic E-state index is 13.1. The molecule has 0 N–H and O–H groups in total. The van der Waals surface area contributed by atoms with Gasteiger partial charge in [0.15, 0.2) is 11.5 Å². The summed E-state index contributed by atoms with van der Waals surface area (Å²) in [5, 5.41) is 0. The van der Waals surface area contributed by atoms with Gasteiger partial charge in [0, 0.05) is 25.0 Å². The first-order valence-electron chi connectivity index (χ1n) is 12.7. The minimum atomic E-state index is -0.0404. The third-order valence-corrected chi connectivity index (χ3v) is 9.82. The fourth-order valence-corrected chi connectivity index (χ4v) is 7.86. The number of methoxy groups -OCH3 is 2. The van der Waals surface area contributed by atoms with E-state index in [4.69, 9.17) is 18.9 Å². The van der Waals surface area contributed by atoms with Gasteiger partial charge in [-0.15, -0.1) is 0 Å². The van der Waals surface area contributed by atoms with Crippen LogP contribution in [0.25, 0.3) is 0 Å². The van der Waals surface area contributed by atoms with Crippen LogP contribution < -0.4 is 9.47 Å². The first-order valence-corrected chi connectivity index (χ1v) is 12.7. The molecule has 2 aliphatic carbocycles. The molecule has 6 nitrogen and oxygen atoms in total. The molecule has 4 fully saturated rings. The number of nitrogens with zero attached hydrogens (tertiary/aromatic N) is 1. The lowest BCUT2D eigenvalue weighted by Crippen LogP contribution is -2.51. The SMILES string of the molecule is COc1cc2c(cc1OC)[C@H](C)N(C[C@H]1C(=O)O[C@@H]3C[C@@]4(C)CCC[C@@]5(CO5)[C@@H]4C[C@@H]31)CC2. The molecule has 7 atom stereocenters. The standard InChI is InChI=1S/C27H37NO5/c1-16-18-11-22(31-4)21(30-3)10-17(18)6-9-28(16)14-20-19-12-24-26(2,13-23(19)33-25(20)29)7-5-8-27(24)15-32-27/h10-11,16,19-20,23-24H,5-9,12-15H2,1-4H3/t16-,19+,20+,23+,24+,26+,27+/m0/s1. The number of rotatable bonds is 4. The Kier molecular flexibility index (Phi) is 5.01. The summed E-state index contributed by atoms with van der Waals surface area (Å²) in [6.07, 6.45) is 6.77. The first kappa shape index (κ1) is 21.7. The van der Waals surface area contributed by atoms with E-state index >= 15 is 0 Å². The van der Waals surface area contributed by atoms with Crippen molar-refractivity contribution in [3.63, 3.8) is 0 Å². The van der Waals surface area contributed by atoms with Crippen LogP contribution in [0.15, 0.2) is 12.1 Å². The van der Waals surface area contributed by atoms with E-state index in [0.717, 1.165) is 50.5 Å². The van der Waals surface area contributed by atoms with E-state index in [-0.39, 0.29) is 35.0 Å². The Bertz CT molecular complexity index is 958. The van der Waals surface area contributed by atoms with E-state index in [1.54, 1.807) is 14.2 Å². The first-order chi connectivity index (χ1) is 15.9. The molecule has 1 spiro atoms. The van der Waals surface area contributed by atoms with E-state index in [2.05, 4.69) is 30.9 Å². The van der Waals surface area contributed by atoms with Gasteiger partial charge in [-0.3, -0.25) is 9.69 Å². The molecular formula is C27H37NO5. The third kappa shape index (κ3) is 3.31. The minimum absolute atomic E-state index is 0.0170. The number of epoxide rings is 1. The van der Waals surface area contributed by atoms with Crippen LogP contribution >= 0.6 is 0 Å². The van der Waals surface area contributed by atoms with Gasteiger partial charge in [-0.25, -0.2) is 0 Å². The summed E-state index contributed by atoms with van der Waals surface area (Å²) in [6, 6.07) is 4.45. The van der Waals surface area contributed by atoms with E-state index in [0.29, 0.717) is 11.8 Å². The number of carbonyl (C=O) groups is 1. The van der Waals surface area contributed by atoms with Gasteiger partial charge in [0.05, 0.1) is 32.3 Å². The van der Waals surface area contributed by atoms with Crippen molar-refractivity contribution < 1.29 is 23.7 Å². The molecule has 0 unspecified atom stereocenters. The summed E-state index contributed by atoms with van der Waals surface area (Å²) in [6.45, 7) is 7.29. The highest BCUT2D eigenvalue weighted by Crippen LogP contribution is 2.63. The summed E-state index contributed by atoms with van der Waals surface area (Å²) in [5.74, 6) is 2.41. The van der Waals surface area contributed by atoms with Crippen molar-refractivity contribution in [1.29, 1.82) is 0 Å². The second kappa shape index (κ2) is 7.61.